The lowest BCUT2D eigenvalue weighted by molar-refractivity contribution is -0.0588. The third-order valence-electron chi connectivity index (χ3n) is 4.73. The number of nitrogens with one attached hydrogen (secondary N) is 1. The summed E-state index contributed by atoms with van der Waals surface area (Å²) < 4.78 is 5.91. The van der Waals surface area contributed by atoms with Crippen molar-refractivity contribution in [2.24, 2.45) is 0 Å². The predicted molar refractivity (Wildman–Crippen MR) is 86.2 cm³/mol. The van der Waals surface area contributed by atoms with E-state index in [0.717, 1.165) is 32.8 Å². The average Bonchev–Trinajstić information content (AvgIpc) is 2.98. The van der Waals surface area contributed by atoms with E-state index in [4.69, 9.17) is 4.74 Å². The molecule has 2 atom stereocenters. The van der Waals surface area contributed by atoms with Crippen LogP contribution in [0.15, 0.2) is 24.3 Å². The van der Waals surface area contributed by atoms with E-state index < -0.39 is 0 Å². The quantitative estimate of drug-likeness (QED) is 0.815. The van der Waals surface area contributed by atoms with E-state index in [1.54, 1.807) is 0 Å². The third-order valence-corrected chi connectivity index (χ3v) is 4.73. The molecular weight excluding hydrogens is 260 g/mol. The van der Waals surface area contributed by atoms with Crippen LogP contribution in [0.4, 0.5) is 0 Å². The maximum absolute atomic E-state index is 5.91. The van der Waals surface area contributed by atoms with E-state index in [1.807, 2.05) is 0 Å². The van der Waals surface area contributed by atoms with E-state index in [0.29, 0.717) is 12.1 Å². The van der Waals surface area contributed by atoms with Crippen LogP contribution in [0.1, 0.15) is 43.7 Å². The number of hydrogen-bond donors (Lipinski definition) is 1. The monoisotopic (exact) mass is 288 g/mol. The molecule has 2 fully saturated rings. The topological polar surface area (TPSA) is 24.5 Å². The molecule has 1 heterocycles. The Morgan fingerprint density at radius 1 is 1.29 bits per heavy atom. The fraction of sp³-hybridized carbons (Fsp3) is 0.667. The molecule has 1 N–H and O–H groups in total. The molecule has 0 bridgehead atoms. The smallest absolute Gasteiger partial charge is 0.0731 e. The van der Waals surface area contributed by atoms with E-state index in [2.05, 4.69) is 41.4 Å². The van der Waals surface area contributed by atoms with E-state index >= 15 is 0 Å². The van der Waals surface area contributed by atoms with Gasteiger partial charge in [0.05, 0.1) is 12.7 Å². The van der Waals surface area contributed by atoms with Crippen LogP contribution in [-0.2, 0) is 17.8 Å². The summed E-state index contributed by atoms with van der Waals surface area (Å²) in [6.07, 6.45) is 5.57. The molecule has 0 aromatic heterocycles. The highest BCUT2D eigenvalue weighted by atomic mass is 16.5. The van der Waals surface area contributed by atoms with Crippen molar-refractivity contribution in [3.05, 3.63) is 35.4 Å². The number of benzene rings is 1. The van der Waals surface area contributed by atoms with E-state index in [9.17, 15) is 0 Å². The summed E-state index contributed by atoms with van der Waals surface area (Å²) in [5.74, 6) is 0. The molecule has 1 aromatic carbocycles. The van der Waals surface area contributed by atoms with Crippen LogP contribution < -0.4 is 5.32 Å². The van der Waals surface area contributed by atoms with Crippen molar-refractivity contribution < 1.29 is 4.74 Å². The van der Waals surface area contributed by atoms with Gasteiger partial charge in [0.25, 0.3) is 0 Å². The molecule has 1 saturated heterocycles. The molecule has 2 aliphatic rings. The highest BCUT2D eigenvalue weighted by molar-refractivity contribution is 5.23. The van der Waals surface area contributed by atoms with Crippen LogP contribution in [0.2, 0.25) is 0 Å². The van der Waals surface area contributed by atoms with Gasteiger partial charge < -0.3 is 10.1 Å². The summed E-state index contributed by atoms with van der Waals surface area (Å²) >= 11 is 0. The summed E-state index contributed by atoms with van der Waals surface area (Å²) in [6.45, 7) is 7.35. The zero-order valence-corrected chi connectivity index (χ0v) is 13.2. The van der Waals surface area contributed by atoms with E-state index in [-0.39, 0.29) is 0 Å². The van der Waals surface area contributed by atoms with Crippen LogP contribution in [-0.4, -0.2) is 36.7 Å². The maximum Gasteiger partial charge on any atom is 0.0731 e. The Labute approximate surface area is 128 Å². The molecule has 1 aliphatic heterocycles. The van der Waals surface area contributed by atoms with Gasteiger partial charge in [-0.05, 0) is 43.4 Å². The van der Waals surface area contributed by atoms with Crippen LogP contribution in [0.3, 0.4) is 0 Å². The van der Waals surface area contributed by atoms with Crippen LogP contribution >= 0.6 is 0 Å². The summed E-state index contributed by atoms with van der Waals surface area (Å²) in [7, 11) is 0. The van der Waals surface area contributed by atoms with Gasteiger partial charge in [-0.2, -0.15) is 0 Å². The second-order valence-electron chi connectivity index (χ2n) is 6.37. The zero-order chi connectivity index (χ0) is 14.5. The minimum Gasteiger partial charge on any atom is -0.375 e. The number of nitrogens with zero attached hydrogens (tertiary/aromatic N) is 1. The Hall–Kier alpha value is -0.900. The first-order valence-electron chi connectivity index (χ1n) is 8.51. The van der Waals surface area contributed by atoms with E-state index in [1.165, 1.54) is 36.8 Å². The molecule has 3 rings (SSSR count). The molecule has 0 spiro atoms. The summed E-state index contributed by atoms with van der Waals surface area (Å²) in [4.78, 5) is 2.64. The van der Waals surface area contributed by atoms with Crippen molar-refractivity contribution in [2.45, 2.75) is 57.8 Å². The Morgan fingerprint density at radius 2 is 2.19 bits per heavy atom. The van der Waals surface area contributed by atoms with Crippen LogP contribution in [0.25, 0.3) is 0 Å². The lowest BCUT2D eigenvalue weighted by Crippen LogP contribution is -2.47. The van der Waals surface area contributed by atoms with Crippen LogP contribution in [0.5, 0.6) is 0 Å². The van der Waals surface area contributed by atoms with Gasteiger partial charge in [0, 0.05) is 25.7 Å². The second-order valence-corrected chi connectivity index (χ2v) is 6.37. The third kappa shape index (κ3) is 3.85. The summed E-state index contributed by atoms with van der Waals surface area (Å²) in [5.41, 5.74) is 2.84. The number of hydrogen-bond acceptors (Lipinski definition) is 3. The predicted octanol–water partition coefficient (Wildman–Crippen LogP) is 2.94. The van der Waals surface area contributed by atoms with Gasteiger partial charge in [0.2, 0.25) is 0 Å². The molecule has 0 amide bonds. The van der Waals surface area contributed by atoms with Crippen molar-refractivity contribution >= 4 is 0 Å². The van der Waals surface area contributed by atoms with Gasteiger partial charge in [-0.1, -0.05) is 31.2 Å². The highest BCUT2D eigenvalue weighted by Crippen LogP contribution is 2.30. The first-order chi connectivity index (χ1) is 10.4. The van der Waals surface area contributed by atoms with Crippen molar-refractivity contribution in [3.63, 3.8) is 0 Å². The average molecular weight is 288 g/mol. The lowest BCUT2D eigenvalue weighted by Gasteiger charge is -2.37. The van der Waals surface area contributed by atoms with Crippen molar-refractivity contribution in [2.75, 3.05) is 19.7 Å². The molecule has 0 radical (unpaired) electrons. The summed E-state index contributed by atoms with van der Waals surface area (Å²) in [6, 6.07) is 9.71. The Bertz CT molecular complexity index is 449. The highest BCUT2D eigenvalue weighted by Gasteiger charge is 2.35. The molecule has 2 unspecified atom stereocenters. The first kappa shape index (κ1) is 15.0. The second kappa shape index (κ2) is 7.39. The molecular formula is C18H28N2O. The minimum atomic E-state index is 0.494. The SMILES string of the molecule is CCCNCc1cccc(CN2CCOC3CCCC32)c1. The number of fused-ring (bicyclic) bond motifs is 1. The fourth-order valence-corrected chi connectivity index (χ4v) is 3.68. The van der Waals surface area contributed by atoms with Crippen LogP contribution in [0, 0.1) is 0 Å². The molecule has 1 saturated carbocycles. The number of ether oxygens (including phenoxy) is 1. The Kier molecular flexibility index (Phi) is 5.28. The Morgan fingerprint density at radius 3 is 3.10 bits per heavy atom. The largest absolute Gasteiger partial charge is 0.375 e. The molecule has 21 heavy (non-hydrogen) atoms. The fourth-order valence-electron chi connectivity index (χ4n) is 3.68. The summed E-state index contributed by atoms with van der Waals surface area (Å²) in [5, 5.41) is 3.49. The zero-order valence-electron chi connectivity index (χ0n) is 13.2. The molecule has 3 heteroatoms. The lowest BCUT2D eigenvalue weighted by atomic mass is 10.1. The Balaban J connectivity index is 1.60. The van der Waals surface area contributed by atoms with Gasteiger partial charge in [0.1, 0.15) is 0 Å². The van der Waals surface area contributed by atoms with Gasteiger partial charge in [-0.3, -0.25) is 4.90 Å². The van der Waals surface area contributed by atoms with Crippen molar-refractivity contribution in [1.29, 1.82) is 0 Å². The number of rotatable bonds is 6. The van der Waals surface area contributed by atoms with Gasteiger partial charge >= 0.3 is 0 Å². The molecule has 116 valence electrons. The van der Waals surface area contributed by atoms with Gasteiger partial charge in [-0.15, -0.1) is 0 Å². The first-order valence-corrected chi connectivity index (χ1v) is 8.51. The number of morpholine rings is 1. The van der Waals surface area contributed by atoms with Gasteiger partial charge in [0.15, 0.2) is 0 Å². The maximum atomic E-state index is 5.91. The van der Waals surface area contributed by atoms with Gasteiger partial charge in [-0.25, -0.2) is 0 Å². The normalized spacial score (nSPS) is 26.0. The van der Waals surface area contributed by atoms with Crippen molar-refractivity contribution in [3.8, 4) is 0 Å². The molecule has 1 aliphatic carbocycles. The molecule has 3 nitrogen and oxygen atoms in total. The van der Waals surface area contributed by atoms with Crippen molar-refractivity contribution in [1.82, 2.24) is 10.2 Å². The minimum absolute atomic E-state index is 0.494. The molecule has 1 aromatic rings. The standard InChI is InChI=1S/C18H28N2O/c1-2-9-19-13-15-5-3-6-16(12-15)14-20-10-11-21-18-8-4-7-17(18)20/h3,5-6,12,17-19H,2,4,7-11,13-14H2,1H3.